The van der Waals surface area contributed by atoms with Gasteiger partial charge in [0.2, 0.25) is 0 Å². The predicted molar refractivity (Wildman–Crippen MR) is 94.8 cm³/mol. The molecule has 0 saturated carbocycles. The van der Waals surface area contributed by atoms with Gasteiger partial charge in [0.05, 0.1) is 12.2 Å². The SMILES string of the molecule is Cc1ccc(CN(C)C(=O)c2nn(-c3ccccc3)c3c2CCC3)o1. The molecule has 1 aliphatic carbocycles. The van der Waals surface area contributed by atoms with Gasteiger partial charge in [-0.3, -0.25) is 4.79 Å². The quantitative estimate of drug-likeness (QED) is 0.733. The average Bonchev–Trinajstić information content (AvgIpc) is 3.31. The van der Waals surface area contributed by atoms with E-state index in [1.165, 1.54) is 0 Å². The fourth-order valence-corrected chi connectivity index (χ4v) is 3.45. The largest absolute Gasteiger partial charge is 0.464 e. The molecule has 0 aliphatic heterocycles. The van der Waals surface area contributed by atoms with Crippen molar-refractivity contribution < 1.29 is 9.21 Å². The van der Waals surface area contributed by atoms with E-state index >= 15 is 0 Å². The van der Waals surface area contributed by atoms with E-state index in [1.54, 1.807) is 11.9 Å². The van der Waals surface area contributed by atoms with Crippen LogP contribution in [0.1, 0.15) is 39.7 Å². The topological polar surface area (TPSA) is 51.3 Å². The van der Waals surface area contributed by atoms with Crippen LogP contribution < -0.4 is 0 Å². The first kappa shape index (κ1) is 15.7. The number of amides is 1. The minimum atomic E-state index is -0.0538. The highest BCUT2D eigenvalue weighted by Crippen LogP contribution is 2.28. The number of nitrogens with zero attached hydrogens (tertiary/aromatic N) is 3. The summed E-state index contributed by atoms with van der Waals surface area (Å²) in [6.45, 7) is 2.35. The summed E-state index contributed by atoms with van der Waals surface area (Å²) in [5, 5.41) is 4.66. The Morgan fingerprint density at radius 3 is 2.72 bits per heavy atom. The average molecular weight is 335 g/mol. The number of benzene rings is 1. The molecule has 128 valence electrons. The van der Waals surface area contributed by atoms with Crippen LogP contribution in [0, 0.1) is 6.92 Å². The summed E-state index contributed by atoms with van der Waals surface area (Å²) in [7, 11) is 1.79. The summed E-state index contributed by atoms with van der Waals surface area (Å²) in [6, 6.07) is 13.8. The Morgan fingerprint density at radius 1 is 1.20 bits per heavy atom. The Balaban J connectivity index is 1.65. The molecule has 2 aromatic heterocycles. The molecule has 0 bridgehead atoms. The molecule has 25 heavy (non-hydrogen) atoms. The van der Waals surface area contributed by atoms with E-state index in [-0.39, 0.29) is 5.91 Å². The standard InChI is InChI=1S/C20H21N3O2/c1-14-11-12-16(25-14)13-22(2)20(24)19-17-9-6-10-18(17)23(21-19)15-7-4-3-5-8-15/h3-5,7-8,11-12H,6,9-10,13H2,1-2H3. The van der Waals surface area contributed by atoms with Crippen molar-refractivity contribution in [2.45, 2.75) is 32.7 Å². The summed E-state index contributed by atoms with van der Waals surface area (Å²) >= 11 is 0. The zero-order valence-corrected chi connectivity index (χ0v) is 14.5. The third-order valence-corrected chi connectivity index (χ3v) is 4.67. The molecule has 0 N–H and O–H groups in total. The molecule has 4 rings (SSSR count). The van der Waals surface area contributed by atoms with Crippen LogP contribution in [0.25, 0.3) is 5.69 Å². The first-order valence-corrected chi connectivity index (χ1v) is 8.60. The Morgan fingerprint density at radius 2 is 2.00 bits per heavy atom. The number of hydrogen-bond donors (Lipinski definition) is 0. The molecule has 3 aromatic rings. The van der Waals surface area contributed by atoms with Gasteiger partial charge < -0.3 is 9.32 Å². The number of fused-ring (bicyclic) bond motifs is 1. The van der Waals surface area contributed by atoms with Crippen LogP contribution in [-0.4, -0.2) is 27.6 Å². The van der Waals surface area contributed by atoms with Crippen molar-refractivity contribution in [2.75, 3.05) is 7.05 Å². The van der Waals surface area contributed by atoms with E-state index in [0.717, 1.165) is 47.7 Å². The fraction of sp³-hybridized carbons (Fsp3) is 0.300. The number of hydrogen-bond acceptors (Lipinski definition) is 3. The molecule has 0 fully saturated rings. The van der Waals surface area contributed by atoms with Crippen LogP contribution in [0.15, 0.2) is 46.9 Å². The molecule has 2 heterocycles. The van der Waals surface area contributed by atoms with E-state index in [1.807, 2.05) is 54.1 Å². The molecule has 5 heteroatoms. The van der Waals surface area contributed by atoms with Gasteiger partial charge in [0, 0.05) is 18.3 Å². The normalized spacial score (nSPS) is 13.0. The first-order valence-electron chi connectivity index (χ1n) is 8.60. The lowest BCUT2D eigenvalue weighted by molar-refractivity contribution is 0.0767. The third-order valence-electron chi connectivity index (χ3n) is 4.67. The Kier molecular flexibility index (Phi) is 3.92. The number of furan rings is 1. The van der Waals surface area contributed by atoms with Gasteiger partial charge in [-0.05, 0) is 50.5 Å². The van der Waals surface area contributed by atoms with Crippen LogP contribution in [0.3, 0.4) is 0 Å². The smallest absolute Gasteiger partial charge is 0.274 e. The minimum Gasteiger partial charge on any atom is -0.464 e. The van der Waals surface area contributed by atoms with Crippen molar-refractivity contribution in [3.8, 4) is 5.69 Å². The molecule has 5 nitrogen and oxygen atoms in total. The zero-order chi connectivity index (χ0) is 17.4. The first-order chi connectivity index (χ1) is 12.1. The second-order valence-electron chi connectivity index (χ2n) is 6.55. The molecule has 0 unspecified atom stereocenters. The summed E-state index contributed by atoms with van der Waals surface area (Å²) in [6.07, 6.45) is 2.95. The van der Waals surface area contributed by atoms with E-state index in [9.17, 15) is 4.79 Å². The van der Waals surface area contributed by atoms with Crippen LogP contribution >= 0.6 is 0 Å². The molecule has 0 radical (unpaired) electrons. The second-order valence-corrected chi connectivity index (χ2v) is 6.55. The second kappa shape index (κ2) is 6.24. The lowest BCUT2D eigenvalue weighted by Crippen LogP contribution is -2.27. The highest BCUT2D eigenvalue weighted by Gasteiger charge is 2.28. The fourth-order valence-electron chi connectivity index (χ4n) is 3.45. The summed E-state index contributed by atoms with van der Waals surface area (Å²) in [4.78, 5) is 14.6. The number of aromatic nitrogens is 2. The highest BCUT2D eigenvalue weighted by atomic mass is 16.3. The van der Waals surface area contributed by atoms with Crippen molar-refractivity contribution in [1.82, 2.24) is 14.7 Å². The number of para-hydroxylation sites is 1. The molecule has 1 aromatic carbocycles. The molecule has 0 spiro atoms. The Labute approximate surface area is 146 Å². The van der Waals surface area contributed by atoms with E-state index in [0.29, 0.717) is 12.2 Å². The van der Waals surface area contributed by atoms with Crippen LogP contribution in [0.5, 0.6) is 0 Å². The summed E-state index contributed by atoms with van der Waals surface area (Å²) < 4.78 is 7.52. The van der Waals surface area contributed by atoms with Gasteiger partial charge in [-0.2, -0.15) is 5.10 Å². The number of carbonyl (C=O) groups is 1. The highest BCUT2D eigenvalue weighted by molar-refractivity contribution is 5.94. The molecule has 0 saturated heterocycles. The number of carbonyl (C=O) groups excluding carboxylic acids is 1. The van der Waals surface area contributed by atoms with Crippen molar-refractivity contribution in [3.05, 3.63) is 70.9 Å². The van der Waals surface area contributed by atoms with Crippen molar-refractivity contribution in [3.63, 3.8) is 0 Å². The number of aryl methyl sites for hydroxylation is 1. The van der Waals surface area contributed by atoms with Gasteiger partial charge >= 0.3 is 0 Å². The minimum absolute atomic E-state index is 0.0538. The lowest BCUT2D eigenvalue weighted by Gasteiger charge is -2.15. The van der Waals surface area contributed by atoms with Gasteiger partial charge in [0.25, 0.3) is 5.91 Å². The molecule has 0 atom stereocenters. The van der Waals surface area contributed by atoms with Crippen molar-refractivity contribution in [2.24, 2.45) is 0 Å². The number of rotatable bonds is 4. The van der Waals surface area contributed by atoms with Crippen LogP contribution in [0.4, 0.5) is 0 Å². The van der Waals surface area contributed by atoms with Gasteiger partial charge in [0.15, 0.2) is 5.69 Å². The van der Waals surface area contributed by atoms with Crippen molar-refractivity contribution in [1.29, 1.82) is 0 Å². The maximum Gasteiger partial charge on any atom is 0.274 e. The van der Waals surface area contributed by atoms with Crippen molar-refractivity contribution >= 4 is 5.91 Å². The predicted octanol–water partition coefficient (Wildman–Crippen LogP) is 3.53. The third kappa shape index (κ3) is 2.86. The molecular formula is C20H21N3O2. The molecule has 1 amide bonds. The van der Waals surface area contributed by atoms with Gasteiger partial charge in [-0.15, -0.1) is 0 Å². The monoisotopic (exact) mass is 335 g/mol. The maximum atomic E-state index is 13.0. The van der Waals surface area contributed by atoms with E-state index < -0.39 is 0 Å². The Bertz CT molecular complexity index is 908. The zero-order valence-electron chi connectivity index (χ0n) is 14.5. The summed E-state index contributed by atoms with van der Waals surface area (Å²) in [5.41, 5.74) is 3.83. The van der Waals surface area contributed by atoms with Crippen LogP contribution in [-0.2, 0) is 19.4 Å². The Hall–Kier alpha value is -2.82. The van der Waals surface area contributed by atoms with Gasteiger partial charge in [-0.25, -0.2) is 4.68 Å². The van der Waals surface area contributed by atoms with E-state index in [4.69, 9.17) is 4.42 Å². The van der Waals surface area contributed by atoms with Crippen LogP contribution in [0.2, 0.25) is 0 Å². The maximum absolute atomic E-state index is 13.0. The summed E-state index contributed by atoms with van der Waals surface area (Å²) in [5.74, 6) is 1.58. The molecular weight excluding hydrogens is 314 g/mol. The van der Waals surface area contributed by atoms with Gasteiger partial charge in [-0.1, -0.05) is 18.2 Å². The molecule has 1 aliphatic rings. The van der Waals surface area contributed by atoms with Gasteiger partial charge in [0.1, 0.15) is 11.5 Å². The van der Waals surface area contributed by atoms with E-state index in [2.05, 4.69) is 5.10 Å². The lowest BCUT2D eigenvalue weighted by atomic mass is 10.2.